The number of unbranched alkanes of at least 4 members (excludes halogenated alkanes) is 1. The highest BCUT2D eigenvalue weighted by atomic mass is 32.1. The first kappa shape index (κ1) is 15.6. The predicted octanol–water partition coefficient (Wildman–Crippen LogP) is 3.16. The van der Waals surface area contributed by atoms with E-state index in [0.29, 0.717) is 0 Å². The van der Waals surface area contributed by atoms with E-state index < -0.39 is 0 Å². The summed E-state index contributed by atoms with van der Waals surface area (Å²) in [5.74, 6) is 0.00235. The zero-order valence-corrected chi connectivity index (χ0v) is 13.4. The van der Waals surface area contributed by atoms with Crippen molar-refractivity contribution in [3.63, 3.8) is 0 Å². The first-order chi connectivity index (χ1) is 10.2. The van der Waals surface area contributed by atoms with Crippen molar-refractivity contribution in [1.82, 2.24) is 15.3 Å². The van der Waals surface area contributed by atoms with Crippen LogP contribution in [0.5, 0.6) is 0 Å². The standard InChI is InChI=1S/C16H21N3OS/c1-3-4-10-18-16(20)15-12(2)19-14(21-15)9-8-13-7-5-6-11-17-13/h5-7,11H,3-4,8-10H2,1-2H3,(H,18,20). The summed E-state index contributed by atoms with van der Waals surface area (Å²) < 4.78 is 0. The molecular weight excluding hydrogens is 282 g/mol. The van der Waals surface area contributed by atoms with E-state index in [0.717, 1.165) is 53.5 Å². The summed E-state index contributed by atoms with van der Waals surface area (Å²) in [6, 6.07) is 5.91. The van der Waals surface area contributed by atoms with E-state index in [2.05, 4.69) is 22.2 Å². The molecule has 0 radical (unpaired) electrons. The predicted molar refractivity (Wildman–Crippen MR) is 85.7 cm³/mol. The summed E-state index contributed by atoms with van der Waals surface area (Å²) >= 11 is 1.49. The lowest BCUT2D eigenvalue weighted by molar-refractivity contribution is 0.0956. The molecule has 0 saturated carbocycles. The van der Waals surface area contributed by atoms with Crippen LogP contribution in [0.15, 0.2) is 24.4 Å². The Morgan fingerprint density at radius 2 is 2.19 bits per heavy atom. The molecule has 2 rings (SSSR count). The van der Waals surface area contributed by atoms with Gasteiger partial charge in [-0.25, -0.2) is 4.98 Å². The highest BCUT2D eigenvalue weighted by Gasteiger charge is 2.14. The molecule has 112 valence electrons. The molecule has 0 fully saturated rings. The van der Waals surface area contributed by atoms with Gasteiger partial charge in [0.05, 0.1) is 10.7 Å². The molecule has 5 heteroatoms. The van der Waals surface area contributed by atoms with Crippen LogP contribution in [0.2, 0.25) is 0 Å². The Bertz CT molecular complexity index is 580. The molecule has 1 N–H and O–H groups in total. The van der Waals surface area contributed by atoms with Gasteiger partial charge in [0.2, 0.25) is 0 Å². The van der Waals surface area contributed by atoms with Crippen LogP contribution < -0.4 is 5.32 Å². The van der Waals surface area contributed by atoms with Crippen LogP contribution in [-0.2, 0) is 12.8 Å². The average molecular weight is 303 g/mol. The Morgan fingerprint density at radius 1 is 1.33 bits per heavy atom. The number of carbonyl (C=O) groups excluding carboxylic acids is 1. The SMILES string of the molecule is CCCCNC(=O)c1sc(CCc2ccccn2)nc1C. The van der Waals surface area contributed by atoms with Gasteiger partial charge in [0.25, 0.3) is 5.91 Å². The van der Waals surface area contributed by atoms with Gasteiger partial charge >= 0.3 is 0 Å². The fourth-order valence-corrected chi connectivity index (χ4v) is 2.99. The van der Waals surface area contributed by atoms with E-state index >= 15 is 0 Å². The lowest BCUT2D eigenvalue weighted by Gasteiger charge is -2.01. The van der Waals surface area contributed by atoms with Crippen molar-refractivity contribution >= 4 is 17.2 Å². The second-order valence-electron chi connectivity index (χ2n) is 4.95. The minimum Gasteiger partial charge on any atom is -0.351 e. The molecule has 0 bridgehead atoms. The molecule has 0 aliphatic carbocycles. The van der Waals surface area contributed by atoms with Crippen LogP contribution in [0.3, 0.4) is 0 Å². The van der Waals surface area contributed by atoms with E-state index in [1.807, 2.05) is 25.1 Å². The van der Waals surface area contributed by atoms with Crippen LogP contribution in [0.25, 0.3) is 0 Å². The summed E-state index contributed by atoms with van der Waals surface area (Å²) in [6.07, 6.45) is 5.57. The van der Waals surface area contributed by atoms with Crippen molar-refractivity contribution in [1.29, 1.82) is 0 Å². The molecule has 0 aliphatic rings. The maximum atomic E-state index is 12.1. The maximum Gasteiger partial charge on any atom is 0.263 e. The molecule has 4 nitrogen and oxygen atoms in total. The average Bonchev–Trinajstić information content (AvgIpc) is 2.87. The van der Waals surface area contributed by atoms with Crippen molar-refractivity contribution in [2.75, 3.05) is 6.54 Å². The number of carbonyl (C=O) groups is 1. The first-order valence-corrected chi connectivity index (χ1v) is 8.16. The molecule has 0 unspecified atom stereocenters. The van der Waals surface area contributed by atoms with Gasteiger partial charge in [-0.2, -0.15) is 0 Å². The van der Waals surface area contributed by atoms with E-state index in [9.17, 15) is 4.79 Å². The lowest BCUT2D eigenvalue weighted by atomic mass is 10.2. The van der Waals surface area contributed by atoms with E-state index in [-0.39, 0.29) is 5.91 Å². The zero-order valence-electron chi connectivity index (χ0n) is 12.6. The molecule has 2 aromatic rings. The smallest absolute Gasteiger partial charge is 0.263 e. The Labute approximate surface area is 129 Å². The van der Waals surface area contributed by atoms with Crippen LogP contribution in [0.4, 0.5) is 0 Å². The summed E-state index contributed by atoms with van der Waals surface area (Å²) in [7, 11) is 0. The van der Waals surface area contributed by atoms with Crippen LogP contribution >= 0.6 is 11.3 Å². The van der Waals surface area contributed by atoms with E-state index in [4.69, 9.17) is 0 Å². The van der Waals surface area contributed by atoms with E-state index in [1.54, 1.807) is 6.20 Å². The number of thiazole rings is 1. The highest BCUT2D eigenvalue weighted by Crippen LogP contribution is 2.19. The van der Waals surface area contributed by atoms with Crippen molar-refractivity contribution in [2.24, 2.45) is 0 Å². The minimum absolute atomic E-state index is 0.00235. The number of rotatable bonds is 7. The molecule has 1 amide bonds. The molecule has 0 aromatic carbocycles. The Hall–Kier alpha value is -1.75. The largest absolute Gasteiger partial charge is 0.351 e. The van der Waals surface area contributed by atoms with Crippen LogP contribution in [0.1, 0.15) is 45.8 Å². The molecule has 21 heavy (non-hydrogen) atoms. The van der Waals surface area contributed by atoms with Gasteiger partial charge in [0.1, 0.15) is 4.88 Å². The van der Waals surface area contributed by atoms with Crippen molar-refractivity contribution in [2.45, 2.75) is 39.5 Å². The monoisotopic (exact) mass is 303 g/mol. The molecular formula is C16H21N3OS. The summed E-state index contributed by atoms with van der Waals surface area (Å²) in [4.78, 5) is 21.6. The Balaban J connectivity index is 1.94. The fraction of sp³-hybridized carbons (Fsp3) is 0.438. The maximum absolute atomic E-state index is 12.1. The third-order valence-electron chi connectivity index (χ3n) is 3.18. The second kappa shape index (κ2) is 7.88. The number of nitrogens with one attached hydrogen (secondary N) is 1. The Kier molecular flexibility index (Phi) is 5.87. The summed E-state index contributed by atoms with van der Waals surface area (Å²) in [6.45, 7) is 4.74. The first-order valence-electron chi connectivity index (χ1n) is 7.35. The van der Waals surface area contributed by atoms with Crippen LogP contribution in [-0.4, -0.2) is 22.4 Å². The van der Waals surface area contributed by atoms with Crippen molar-refractivity contribution in [3.05, 3.63) is 45.7 Å². The van der Waals surface area contributed by atoms with Gasteiger partial charge in [0.15, 0.2) is 0 Å². The number of amides is 1. The highest BCUT2D eigenvalue weighted by molar-refractivity contribution is 7.13. The molecule has 2 heterocycles. The molecule has 2 aromatic heterocycles. The summed E-state index contributed by atoms with van der Waals surface area (Å²) in [5, 5.41) is 3.95. The molecule has 0 aliphatic heterocycles. The zero-order chi connectivity index (χ0) is 15.1. The van der Waals surface area contributed by atoms with Gasteiger partial charge in [-0.1, -0.05) is 19.4 Å². The van der Waals surface area contributed by atoms with Gasteiger partial charge in [-0.3, -0.25) is 9.78 Å². The fourth-order valence-electron chi connectivity index (χ4n) is 2.01. The minimum atomic E-state index is 0.00235. The van der Waals surface area contributed by atoms with Gasteiger partial charge in [-0.05, 0) is 31.9 Å². The second-order valence-corrected chi connectivity index (χ2v) is 6.04. The number of pyridine rings is 1. The molecule has 0 atom stereocenters. The Morgan fingerprint density at radius 3 is 2.90 bits per heavy atom. The van der Waals surface area contributed by atoms with Crippen molar-refractivity contribution < 1.29 is 4.79 Å². The molecule has 0 saturated heterocycles. The summed E-state index contributed by atoms with van der Waals surface area (Å²) in [5.41, 5.74) is 1.88. The quantitative estimate of drug-likeness (QED) is 0.799. The number of hydrogen-bond acceptors (Lipinski definition) is 4. The lowest BCUT2D eigenvalue weighted by Crippen LogP contribution is -2.24. The van der Waals surface area contributed by atoms with Crippen LogP contribution in [0, 0.1) is 6.92 Å². The number of aromatic nitrogens is 2. The third kappa shape index (κ3) is 4.63. The number of nitrogens with zero attached hydrogens (tertiary/aromatic N) is 2. The van der Waals surface area contributed by atoms with Crippen molar-refractivity contribution in [3.8, 4) is 0 Å². The van der Waals surface area contributed by atoms with Gasteiger partial charge < -0.3 is 5.32 Å². The number of hydrogen-bond donors (Lipinski definition) is 1. The van der Waals surface area contributed by atoms with Gasteiger partial charge in [0, 0.05) is 24.9 Å². The number of aryl methyl sites for hydroxylation is 3. The molecule has 0 spiro atoms. The topological polar surface area (TPSA) is 54.9 Å². The third-order valence-corrected chi connectivity index (χ3v) is 4.40. The van der Waals surface area contributed by atoms with Gasteiger partial charge in [-0.15, -0.1) is 11.3 Å². The normalized spacial score (nSPS) is 10.6. The van der Waals surface area contributed by atoms with E-state index in [1.165, 1.54) is 11.3 Å².